The van der Waals surface area contributed by atoms with Crippen LogP contribution in [0.5, 0.6) is 5.75 Å². The predicted molar refractivity (Wildman–Crippen MR) is 93.9 cm³/mol. The molecule has 3 nitrogen and oxygen atoms in total. The molecule has 0 aliphatic rings. The van der Waals surface area contributed by atoms with Crippen molar-refractivity contribution in [3.05, 3.63) is 53.6 Å². The normalized spacial score (nSPS) is 9.67. The van der Waals surface area contributed by atoms with Crippen LogP contribution < -0.4 is 4.74 Å². The fourth-order valence-electron chi connectivity index (χ4n) is 1.37. The molecule has 24 heavy (non-hydrogen) atoms. The van der Waals surface area contributed by atoms with Gasteiger partial charge < -0.3 is 4.74 Å². The summed E-state index contributed by atoms with van der Waals surface area (Å²) in [5.41, 5.74) is 1.16. The van der Waals surface area contributed by atoms with Crippen LogP contribution >= 0.6 is 36.0 Å². The maximum absolute atomic E-state index is 11.7. The second-order valence-electron chi connectivity index (χ2n) is 3.93. The van der Waals surface area contributed by atoms with Crippen LogP contribution in [0.25, 0.3) is 0 Å². The van der Waals surface area contributed by atoms with Gasteiger partial charge in [-0.2, -0.15) is 9.98 Å². The topological polar surface area (TPSA) is 34.0 Å². The molecule has 0 unspecified atom stereocenters. The first-order chi connectivity index (χ1) is 11.3. The molecule has 0 saturated carbocycles. The highest BCUT2D eigenvalue weighted by Gasteiger charge is 2.30. The van der Waals surface area contributed by atoms with E-state index in [1.54, 1.807) is 12.1 Å². The molecule has 0 N–H and O–H groups in total. The zero-order valence-corrected chi connectivity index (χ0v) is 14.1. The van der Waals surface area contributed by atoms with Crippen molar-refractivity contribution < 1.29 is 17.9 Å². The van der Waals surface area contributed by atoms with E-state index in [2.05, 4.69) is 49.5 Å². The Hall–Kier alpha value is -2.08. The Labute approximate surface area is 151 Å². The number of nitrogens with zero attached hydrogens (tertiary/aromatic N) is 2. The smallest absolute Gasteiger partial charge is 0.406 e. The fourth-order valence-corrected chi connectivity index (χ4v) is 1.77. The van der Waals surface area contributed by atoms with Crippen LogP contribution in [0.2, 0.25) is 5.02 Å². The number of rotatable bonds is 3. The standard InChI is InChI=1S/C8H4F3NOS.C7H4ClNS/c9-8(10,11)13-7-3-1-6(2-4-7)12-5-14;8-6-2-1-3-7(4-6)9-5-10/h1-4H;1-4H. The minimum Gasteiger partial charge on any atom is -0.406 e. The van der Waals surface area contributed by atoms with E-state index in [1.165, 1.54) is 12.1 Å². The van der Waals surface area contributed by atoms with E-state index in [-0.39, 0.29) is 5.75 Å². The molecule has 124 valence electrons. The Morgan fingerprint density at radius 3 is 2.00 bits per heavy atom. The lowest BCUT2D eigenvalue weighted by Crippen LogP contribution is -2.16. The third kappa shape index (κ3) is 8.53. The van der Waals surface area contributed by atoms with Crippen molar-refractivity contribution in [3.63, 3.8) is 0 Å². The second-order valence-corrected chi connectivity index (χ2v) is 4.73. The minimum absolute atomic E-state index is 0.291. The third-order valence-electron chi connectivity index (χ3n) is 2.23. The van der Waals surface area contributed by atoms with Crippen LogP contribution in [-0.4, -0.2) is 16.7 Å². The molecule has 2 rings (SSSR count). The van der Waals surface area contributed by atoms with Crippen LogP contribution in [0, 0.1) is 0 Å². The summed E-state index contributed by atoms with van der Waals surface area (Å²) < 4.78 is 38.8. The highest BCUT2D eigenvalue weighted by Crippen LogP contribution is 2.24. The second kappa shape index (κ2) is 9.93. The summed E-state index contributed by atoms with van der Waals surface area (Å²) >= 11 is 14.4. The number of alkyl halides is 3. The number of isothiocyanates is 2. The molecule has 0 aromatic heterocycles. The molecule has 0 spiro atoms. The molecule has 2 aromatic rings. The monoisotopic (exact) mass is 388 g/mol. The molecule has 2 aromatic carbocycles. The third-order valence-corrected chi connectivity index (χ3v) is 2.65. The Kier molecular flexibility index (Phi) is 8.26. The van der Waals surface area contributed by atoms with Crippen molar-refractivity contribution in [3.8, 4) is 5.75 Å². The Bertz CT molecular complexity index is 769. The maximum atomic E-state index is 11.7. The molecule has 0 amide bonds. The zero-order valence-electron chi connectivity index (χ0n) is 11.7. The first kappa shape index (κ1) is 20.0. The largest absolute Gasteiger partial charge is 0.573 e. The molecule has 9 heteroatoms. The van der Waals surface area contributed by atoms with E-state index in [4.69, 9.17) is 11.6 Å². The average molecular weight is 389 g/mol. The van der Waals surface area contributed by atoms with Gasteiger partial charge in [-0.3, -0.25) is 0 Å². The maximum Gasteiger partial charge on any atom is 0.573 e. The van der Waals surface area contributed by atoms with Gasteiger partial charge in [0.15, 0.2) is 0 Å². The number of hydrogen-bond acceptors (Lipinski definition) is 5. The number of hydrogen-bond donors (Lipinski definition) is 0. The molecule has 0 atom stereocenters. The summed E-state index contributed by atoms with van der Waals surface area (Å²) in [6.45, 7) is 0. The van der Waals surface area contributed by atoms with Gasteiger partial charge in [-0.25, -0.2) is 0 Å². The van der Waals surface area contributed by atoms with Crippen LogP contribution in [0.4, 0.5) is 24.5 Å². The van der Waals surface area contributed by atoms with E-state index < -0.39 is 6.36 Å². The minimum atomic E-state index is -4.67. The van der Waals surface area contributed by atoms with Crippen molar-refractivity contribution in [2.75, 3.05) is 0 Å². The van der Waals surface area contributed by atoms with Gasteiger partial charge in [0.2, 0.25) is 0 Å². The van der Waals surface area contributed by atoms with Crippen molar-refractivity contribution in [2.45, 2.75) is 6.36 Å². The van der Waals surface area contributed by atoms with E-state index in [0.717, 1.165) is 17.8 Å². The van der Waals surface area contributed by atoms with Gasteiger partial charge in [-0.1, -0.05) is 17.7 Å². The van der Waals surface area contributed by atoms with E-state index >= 15 is 0 Å². The first-order valence-electron chi connectivity index (χ1n) is 6.11. The lowest BCUT2D eigenvalue weighted by molar-refractivity contribution is -0.274. The highest BCUT2D eigenvalue weighted by molar-refractivity contribution is 7.78. The van der Waals surface area contributed by atoms with Gasteiger partial charge in [0.25, 0.3) is 0 Å². The Morgan fingerprint density at radius 1 is 0.917 bits per heavy atom. The van der Waals surface area contributed by atoms with Crippen molar-refractivity contribution >= 4 is 57.7 Å². The predicted octanol–water partition coefficient (Wildman–Crippen LogP) is 6.39. The Balaban J connectivity index is 0.000000254. The molecule has 0 bridgehead atoms. The van der Waals surface area contributed by atoms with Gasteiger partial charge in [-0.15, -0.1) is 13.2 Å². The van der Waals surface area contributed by atoms with Gasteiger partial charge in [0.05, 0.1) is 21.7 Å². The van der Waals surface area contributed by atoms with Crippen molar-refractivity contribution in [1.29, 1.82) is 0 Å². The lowest BCUT2D eigenvalue weighted by Gasteiger charge is -2.07. The van der Waals surface area contributed by atoms with E-state index in [1.807, 2.05) is 12.1 Å². The quantitative estimate of drug-likeness (QED) is 0.451. The van der Waals surface area contributed by atoms with Crippen LogP contribution in [0.1, 0.15) is 0 Å². The molecule has 0 fully saturated rings. The molecule has 0 radical (unpaired) electrons. The average Bonchev–Trinajstić information content (AvgIpc) is 2.49. The van der Waals surface area contributed by atoms with Gasteiger partial charge in [0.1, 0.15) is 5.75 Å². The summed E-state index contributed by atoms with van der Waals surface area (Å²) in [5.74, 6) is -0.291. The van der Waals surface area contributed by atoms with Crippen molar-refractivity contribution in [1.82, 2.24) is 0 Å². The molecule has 0 heterocycles. The molecule has 0 saturated heterocycles. The Morgan fingerprint density at radius 2 is 1.50 bits per heavy atom. The summed E-state index contributed by atoms with van der Waals surface area (Å²) in [5, 5.41) is 5.02. The van der Waals surface area contributed by atoms with Crippen LogP contribution in [0.15, 0.2) is 58.5 Å². The molecule has 0 aliphatic heterocycles. The first-order valence-corrected chi connectivity index (χ1v) is 7.30. The summed E-state index contributed by atoms with van der Waals surface area (Å²) in [7, 11) is 0. The summed E-state index contributed by atoms with van der Waals surface area (Å²) in [4.78, 5) is 7.32. The van der Waals surface area contributed by atoms with Gasteiger partial charge in [0, 0.05) is 5.02 Å². The van der Waals surface area contributed by atoms with E-state index in [9.17, 15) is 13.2 Å². The number of thiocarbonyl (C=S) groups is 2. The summed E-state index contributed by atoms with van der Waals surface area (Å²) in [6.07, 6.45) is -4.67. The zero-order chi connectivity index (χ0) is 18.0. The lowest BCUT2D eigenvalue weighted by atomic mass is 10.3. The molecular formula is C15H8ClF3N2OS2. The number of ether oxygens (including phenoxy) is 1. The number of halogens is 4. The van der Waals surface area contributed by atoms with Crippen molar-refractivity contribution in [2.24, 2.45) is 9.98 Å². The van der Waals surface area contributed by atoms with Gasteiger partial charge >= 0.3 is 6.36 Å². The van der Waals surface area contributed by atoms with Crippen LogP contribution in [0.3, 0.4) is 0 Å². The molecule has 0 aliphatic carbocycles. The molecular weight excluding hydrogens is 381 g/mol. The highest BCUT2D eigenvalue weighted by atomic mass is 35.5. The van der Waals surface area contributed by atoms with Crippen LogP contribution in [-0.2, 0) is 0 Å². The number of benzene rings is 2. The van der Waals surface area contributed by atoms with Gasteiger partial charge in [-0.05, 0) is 66.9 Å². The SMILES string of the molecule is FC(F)(F)Oc1ccc(N=C=S)cc1.S=C=Nc1cccc(Cl)c1. The van der Waals surface area contributed by atoms with E-state index in [0.29, 0.717) is 10.7 Å². The fraction of sp³-hybridized carbons (Fsp3) is 0.0667. The number of aliphatic imine (C=N–C) groups is 2. The summed E-state index contributed by atoms with van der Waals surface area (Å²) in [6, 6.07) is 12.1.